The third kappa shape index (κ3) is 19.4. The number of phenols is 1. The third-order valence-electron chi connectivity index (χ3n) is 17.5. The molecular formula is C65H89N13O12S2. The summed E-state index contributed by atoms with van der Waals surface area (Å²) in [5.74, 6) is -7.89. The minimum absolute atomic E-state index is 0.0171. The molecule has 2 aromatic carbocycles. The second kappa shape index (κ2) is 33.2. The molecule has 0 saturated carbocycles. The van der Waals surface area contributed by atoms with Crippen molar-refractivity contribution in [2.75, 3.05) is 37.9 Å². The van der Waals surface area contributed by atoms with E-state index in [0.29, 0.717) is 66.9 Å². The second-order valence-electron chi connectivity index (χ2n) is 25.5. The van der Waals surface area contributed by atoms with Crippen LogP contribution in [-0.4, -0.2) is 187 Å². The van der Waals surface area contributed by atoms with E-state index in [9.17, 15) is 58.2 Å². The molecule has 5 aliphatic heterocycles. The first-order valence-corrected chi connectivity index (χ1v) is 34.0. The van der Waals surface area contributed by atoms with Crippen molar-refractivity contribution < 1.29 is 58.2 Å². The summed E-state index contributed by atoms with van der Waals surface area (Å²) in [6.45, 7) is 8.39. The lowest BCUT2D eigenvalue weighted by molar-refractivity contribution is -0.146. The van der Waals surface area contributed by atoms with Crippen LogP contribution in [0.2, 0.25) is 0 Å². The lowest BCUT2D eigenvalue weighted by atomic mass is 9.86. The number of thioether (sulfide) groups is 2. The molecule has 0 aliphatic carbocycles. The molecule has 8 rings (SSSR count). The van der Waals surface area contributed by atoms with Crippen LogP contribution in [-0.2, 0) is 60.8 Å². The van der Waals surface area contributed by atoms with Crippen molar-refractivity contribution in [1.82, 2.24) is 46.7 Å². The Kier molecular flexibility index (Phi) is 25.3. The van der Waals surface area contributed by atoms with Gasteiger partial charge in [-0.2, -0.15) is 0 Å². The number of nitrogens with zero attached hydrogens (tertiary/aromatic N) is 4. The molecule has 4 saturated heterocycles. The molecule has 3 aromatic rings. The number of carbonyl (C=O) groups excluding carboxylic acids is 10. The van der Waals surface area contributed by atoms with E-state index in [-0.39, 0.29) is 106 Å². The average molecular weight is 1310 g/mol. The monoisotopic (exact) mass is 1310 g/mol. The number of nitrogens with two attached hydrogens (primary N) is 2. The smallest absolute Gasteiger partial charge is 0.245 e. The molecule has 5 aliphatic rings. The Morgan fingerprint density at radius 3 is 2.04 bits per heavy atom. The molecule has 13 N–H and O–H groups in total. The van der Waals surface area contributed by atoms with E-state index in [0.717, 1.165) is 21.6 Å². The average Bonchev–Trinajstić information content (AvgIpc) is 2.13. The van der Waals surface area contributed by atoms with Crippen molar-refractivity contribution in [3.8, 4) is 5.75 Å². The van der Waals surface area contributed by atoms with Gasteiger partial charge in [-0.1, -0.05) is 58.0 Å². The fraction of sp³-hybridized carbons (Fsp3) is 0.569. The molecule has 0 bridgehead atoms. The Hall–Kier alpha value is -7.78. The number of nitrogens with one attached hydrogen (secondary N) is 7. The van der Waals surface area contributed by atoms with Crippen LogP contribution in [0.15, 0.2) is 76.5 Å². The highest BCUT2D eigenvalue weighted by Crippen LogP contribution is 2.42. The summed E-state index contributed by atoms with van der Waals surface area (Å²) in [6, 6.07) is 4.84. The number of H-pyrrole nitrogens is 1. The normalized spacial score (nSPS) is 20.7. The number of hydrogen-bond acceptors (Lipinski definition) is 16. The second-order valence-corrected chi connectivity index (χ2v) is 28.3. The molecule has 0 radical (unpaired) electrons. The fourth-order valence-corrected chi connectivity index (χ4v) is 16.0. The number of rotatable bonds is 33. The molecule has 6 heterocycles. The van der Waals surface area contributed by atoms with Crippen LogP contribution in [0.1, 0.15) is 116 Å². The van der Waals surface area contributed by atoms with Gasteiger partial charge >= 0.3 is 0 Å². The van der Waals surface area contributed by atoms with Gasteiger partial charge in [-0.05, 0) is 105 Å². The number of carbonyl (C=O) groups is 10. The van der Waals surface area contributed by atoms with Crippen molar-refractivity contribution in [2.24, 2.45) is 45.1 Å². The minimum Gasteiger partial charge on any atom is -0.508 e. The van der Waals surface area contributed by atoms with Gasteiger partial charge in [-0.25, -0.2) is 0 Å². The predicted molar refractivity (Wildman–Crippen MR) is 352 cm³/mol. The number of guanidine groups is 1. The maximum absolute atomic E-state index is 14.9. The van der Waals surface area contributed by atoms with Gasteiger partial charge in [0, 0.05) is 115 Å². The number of aliphatic hydroxyl groups excluding tert-OH is 1. The van der Waals surface area contributed by atoms with Crippen LogP contribution < -0.4 is 43.4 Å². The van der Waals surface area contributed by atoms with Crippen molar-refractivity contribution in [1.29, 1.82) is 0 Å². The van der Waals surface area contributed by atoms with Crippen LogP contribution in [0, 0.1) is 23.7 Å². The highest BCUT2D eigenvalue weighted by atomic mass is 32.2. The van der Waals surface area contributed by atoms with Crippen LogP contribution in [0.25, 0.3) is 10.9 Å². The zero-order chi connectivity index (χ0) is 66.2. The lowest BCUT2D eigenvalue weighted by Crippen LogP contribution is -2.59. The first kappa shape index (κ1) is 70.1. The van der Waals surface area contributed by atoms with Crippen molar-refractivity contribution >= 4 is 105 Å². The number of amides is 8. The summed E-state index contributed by atoms with van der Waals surface area (Å²) < 4.78 is 0. The standard InChI is InChI=1S/C65H89N13O12S2/c1-36(2)23-41(58(84)72-47(24-37(3)4)53(81)28-40(9-7-20-69-65(66)67)63(89)78-22-8-12-52(78)64(90)77-32-55-56(33-77)92-35-91-55)29-54(82)48(25-38-13-15-43(80)16-14-38)73-62(88)51(34-79)76-61(87)50(27-42-31-70-45-11-6-5-10-44(42)45)75-60(86)49(26-39-19-21-68-30-39)74-59(85)46-17-18-57(83)71-46/h5-6,10-11,13-16,21,30-31,36-37,40-41,46-52,55-56,70,79-80H,7-9,12,17-20,22-29,32-35H2,1-4H3,(H,71,83)(H,72,84)(H,73,88)(H,74,85)(H,75,86)(H,76,87)(H4,66,67,69)/t40-,41+,46+,47+,48+,49+,50+,51+,52+,55-,56?/m1/s1. The van der Waals surface area contributed by atoms with Gasteiger partial charge in [0.15, 0.2) is 17.5 Å². The van der Waals surface area contributed by atoms with Crippen molar-refractivity contribution in [3.05, 3.63) is 77.6 Å². The number of phenolic OH excluding ortho intramolecular Hbond substituents is 1. The topological polar surface area (TPSA) is 382 Å². The van der Waals surface area contributed by atoms with E-state index in [4.69, 9.17) is 11.5 Å². The zero-order valence-corrected chi connectivity index (χ0v) is 54.4. The van der Waals surface area contributed by atoms with Crippen molar-refractivity contribution in [2.45, 2.75) is 170 Å². The summed E-state index contributed by atoms with van der Waals surface area (Å²) in [7, 11) is 0. The van der Waals surface area contributed by atoms with E-state index in [1.165, 1.54) is 12.1 Å². The van der Waals surface area contributed by atoms with E-state index in [1.54, 1.807) is 41.7 Å². The third-order valence-corrected chi connectivity index (χ3v) is 20.5. The molecular weight excluding hydrogens is 1220 g/mol. The van der Waals surface area contributed by atoms with Gasteiger partial charge in [-0.15, -0.1) is 23.5 Å². The predicted octanol–water partition coefficient (Wildman–Crippen LogP) is 2.41. The van der Waals surface area contributed by atoms with Crippen LogP contribution in [0.3, 0.4) is 0 Å². The molecule has 27 heteroatoms. The van der Waals surface area contributed by atoms with Crippen LogP contribution >= 0.6 is 23.5 Å². The highest BCUT2D eigenvalue weighted by Gasteiger charge is 2.46. The molecule has 1 aromatic heterocycles. The summed E-state index contributed by atoms with van der Waals surface area (Å²) >= 11 is 3.70. The fourth-order valence-electron chi connectivity index (χ4n) is 12.6. The van der Waals surface area contributed by atoms with Crippen molar-refractivity contribution in [3.63, 3.8) is 0 Å². The molecule has 25 nitrogen and oxygen atoms in total. The lowest BCUT2D eigenvalue weighted by Gasteiger charge is -2.31. The first-order valence-electron chi connectivity index (χ1n) is 31.9. The number of aliphatic hydroxyl groups is 1. The van der Waals surface area contributed by atoms with Crippen LogP contribution in [0.4, 0.5) is 0 Å². The van der Waals surface area contributed by atoms with Gasteiger partial charge < -0.3 is 68.4 Å². The largest absolute Gasteiger partial charge is 0.508 e. The van der Waals surface area contributed by atoms with E-state index < -0.39 is 108 Å². The molecule has 92 heavy (non-hydrogen) atoms. The maximum Gasteiger partial charge on any atom is 0.245 e. The van der Waals surface area contributed by atoms with Crippen LogP contribution in [0.5, 0.6) is 5.75 Å². The Morgan fingerprint density at radius 1 is 0.750 bits per heavy atom. The minimum atomic E-state index is -1.71. The Labute approximate surface area is 544 Å². The summed E-state index contributed by atoms with van der Waals surface area (Å²) in [5, 5.41) is 39.8. The number of likely N-dealkylation sites (tertiary alicyclic amines) is 2. The first-order chi connectivity index (χ1) is 44.0. The summed E-state index contributed by atoms with van der Waals surface area (Å²) in [6.07, 6.45) is 6.82. The number of hydrogen-bond donors (Lipinski definition) is 11. The molecule has 498 valence electrons. The molecule has 1 unspecified atom stereocenters. The molecule has 4 fully saturated rings. The number of Topliss-reactive ketones (excluding diaryl/α,β-unsaturated/α-hetero) is 2. The summed E-state index contributed by atoms with van der Waals surface area (Å²) in [4.78, 5) is 157. The number of ketones is 2. The highest BCUT2D eigenvalue weighted by molar-refractivity contribution is 8.19. The van der Waals surface area contributed by atoms with Gasteiger partial charge in [0.2, 0.25) is 47.3 Å². The Bertz CT molecular complexity index is 3250. The molecule has 0 spiro atoms. The number of aromatic hydroxyl groups is 1. The maximum atomic E-state index is 14.9. The van der Waals surface area contributed by atoms with Gasteiger partial charge in [0.25, 0.3) is 0 Å². The number of aromatic nitrogens is 1. The Balaban J connectivity index is 0.985. The molecule has 11 atom stereocenters. The Morgan fingerprint density at radius 2 is 1.39 bits per heavy atom. The van der Waals surface area contributed by atoms with Gasteiger partial charge in [0.1, 0.15) is 36.0 Å². The van der Waals surface area contributed by atoms with Gasteiger partial charge in [-0.3, -0.25) is 57.9 Å². The van der Waals surface area contributed by atoms with E-state index in [1.807, 2.05) is 74.3 Å². The molecule has 8 amide bonds. The van der Waals surface area contributed by atoms with Gasteiger partial charge in [0.05, 0.1) is 18.7 Å². The summed E-state index contributed by atoms with van der Waals surface area (Å²) in [5.41, 5.74) is 13.8. The van der Waals surface area contributed by atoms with E-state index in [2.05, 4.69) is 46.9 Å². The van der Waals surface area contributed by atoms with E-state index >= 15 is 0 Å². The zero-order valence-electron chi connectivity index (χ0n) is 52.7. The number of aliphatic imine (C=N–C) groups is 2. The number of para-hydroxylation sites is 1. The number of aromatic amines is 1. The number of fused-ring (bicyclic) bond motifs is 2. The number of benzene rings is 2. The SMILES string of the molecule is CC(C)C[C@@H](CC(=O)[C@H](Cc1ccc(O)cc1)NC(=O)[C@H](CO)NC(=O)[C@H](Cc1c[nH]c2ccccc12)NC(=O)[C@H](CC1=CN=CC1)NC(=O)[C@@H]1CCC(=O)N1)C(=O)N[C@@H](CC(C)C)C(=O)C[C@@H](CCCN=C(N)N)C(=O)N1CCC[C@H]1C(=O)N1CC2SCS[C@@H]2C1. The quantitative estimate of drug-likeness (QED) is 0.0237.